The molecule has 1 unspecified atom stereocenters. The number of likely N-dealkylation sites (tertiary alicyclic amines) is 1. The molecule has 1 saturated heterocycles. The maximum Gasteiger partial charge on any atom is 0.228 e. The number of hydrogen-bond acceptors (Lipinski definition) is 5. The van der Waals surface area contributed by atoms with Gasteiger partial charge < -0.3 is 10.2 Å². The molecule has 2 aliphatic rings. The Morgan fingerprint density at radius 2 is 1.81 bits per heavy atom. The van der Waals surface area contributed by atoms with E-state index in [1.54, 1.807) is 12.4 Å². The Morgan fingerprint density at radius 1 is 0.962 bits per heavy atom. The lowest BCUT2D eigenvalue weighted by molar-refractivity contribution is 0.159. The fraction of sp³-hybridized carbons (Fsp3) is 0.571. The summed E-state index contributed by atoms with van der Waals surface area (Å²) in [7, 11) is 0. The number of pyridine rings is 1. The Morgan fingerprint density at radius 3 is 2.65 bits per heavy atom. The molecule has 0 spiro atoms. The number of anilines is 2. The summed E-state index contributed by atoms with van der Waals surface area (Å²) in [4.78, 5) is 16.0. The largest absolute Gasteiger partial charge is 0.309 e. The third-order valence-corrected chi connectivity index (χ3v) is 5.74. The summed E-state index contributed by atoms with van der Waals surface area (Å²) in [6.07, 6.45) is 13.1. The van der Waals surface area contributed by atoms with Crippen LogP contribution in [0.4, 0.5) is 11.8 Å². The van der Waals surface area contributed by atoms with Gasteiger partial charge in [0, 0.05) is 37.1 Å². The molecule has 0 radical (unpaired) electrons. The molecule has 0 amide bonds. The standard InChI is InChI=1S/C21H29N5/c1-2-7-17(8-3-1)15-26-14-5-9-18(16-26)19-10-4-11-20(24-19)25-21-22-12-6-13-23-21/h4,6,10-13,17-18H,1-3,5,7-9,14-16H2,(H,22,23,24,25). The second kappa shape index (κ2) is 8.58. The molecule has 0 bridgehead atoms. The van der Waals surface area contributed by atoms with E-state index in [0.717, 1.165) is 18.3 Å². The average molecular weight is 351 g/mol. The molecule has 2 aromatic heterocycles. The Hall–Kier alpha value is -2.01. The van der Waals surface area contributed by atoms with Gasteiger partial charge in [-0.25, -0.2) is 15.0 Å². The first-order valence-corrected chi connectivity index (χ1v) is 10.1. The highest BCUT2D eigenvalue weighted by molar-refractivity contribution is 5.47. The van der Waals surface area contributed by atoms with Crippen molar-refractivity contribution >= 4 is 11.8 Å². The summed E-state index contributed by atoms with van der Waals surface area (Å²) in [5.74, 6) is 2.88. The van der Waals surface area contributed by atoms with Crippen molar-refractivity contribution in [1.29, 1.82) is 0 Å². The lowest BCUT2D eigenvalue weighted by atomic mass is 9.87. The van der Waals surface area contributed by atoms with Crippen LogP contribution in [-0.2, 0) is 0 Å². The zero-order chi connectivity index (χ0) is 17.6. The van der Waals surface area contributed by atoms with Crippen molar-refractivity contribution in [2.45, 2.75) is 50.9 Å². The molecular formula is C21H29N5. The summed E-state index contributed by atoms with van der Waals surface area (Å²) in [6.45, 7) is 3.68. The zero-order valence-electron chi connectivity index (χ0n) is 15.5. The normalized spacial score (nSPS) is 22.2. The van der Waals surface area contributed by atoms with Gasteiger partial charge in [0.2, 0.25) is 5.95 Å². The van der Waals surface area contributed by atoms with Gasteiger partial charge in [-0.2, -0.15) is 0 Å². The molecule has 3 heterocycles. The van der Waals surface area contributed by atoms with Crippen LogP contribution in [0.3, 0.4) is 0 Å². The minimum Gasteiger partial charge on any atom is -0.309 e. The Labute approximate surface area is 156 Å². The molecule has 1 aliphatic carbocycles. The number of nitrogens with zero attached hydrogens (tertiary/aromatic N) is 4. The van der Waals surface area contributed by atoms with Gasteiger partial charge in [-0.05, 0) is 56.3 Å². The second-order valence-electron chi connectivity index (χ2n) is 7.75. The zero-order valence-corrected chi connectivity index (χ0v) is 15.5. The molecule has 1 atom stereocenters. The van der Waals surface area contributed by atoms with E-state index in [2.05, 4.69) is 32.3 Å². The van der Waals surface area contributed by atoms with Crippen molar-refractivity contribution in [2.24, 2.45) is 5.92 Å². The van der Waals surface area contributed by atoms with E-state index in [-0.39, 0.29) is 0 Å². The van der Waals surface area contributed by atoms with Gasteiger partial charge >= 0.3 is 0 Å². The molecule has 138 valence electrons. The SMILES string of the molecule is c1cnc(Nc2cccc(C3CCCN(CC4CCCCC4)C3)n2)nc1. The van der Waals surface area contributed by atoms with Crippen molar-refractivity contribution in [2.75, 3.05) is 25.0 Å². The first kappa shape index (κ1) is 17.4. The van der Waals surface area contributed by atoms with Crippen molar-refractivity contribution in [3.05, 3.63) is 42.4 Å². The topological polar surface area (TPSA) is 53.9 Å². The first-order chi connectivity index (χ1) is 12.9. The van der Waals surface area contributed by atoms with Crippen molar-refractivity contribution in [1.82, 2.24) is 19.9 Å². The molecule has 26 heavy (non-hydrogen) atoms. The van der Waals surface area contributed by atoms with Crippen molar-refractivity contribution in [3.8, 4) is 0 Å². The van der Waals surface area contributed by atoms with E-state index in [4.69, 9.17) is 4.98 Å². The monoisotopic (exact) mass is 351 g/mol. The fourth-order valence-electron chi connectivity index (χ4n) is 4.42. The predicted molar refractivity (Wildman–Crippen MR) is 105 cm³/mol. The van der Waals surface area contributed by atoms with Gasteiger partial charge in [0.15, 0.2) is 0 Å². The summed E-state index contributed by atoms with van der Waals surface area (Å²) in [5.41, 5.74) is 1.19. The maximum atomic E-state index is 4.86. The average Bonchev–Trinajstić information content (AvgIpc) is 2.70. The summed E-state index contributed by atoms with van der Waals surface area (Å²) in [5, 5.41) is 3.21. The van der Waals surface area contributed by atoms with E-state index in [0.29, 0.717) is 11.9 Å². The molecular weight excluding hydrogens is 322 g/mol. The molecule has 0 aromatic carbocycles. The number of rotatable bonds is 5. The van der Waals surface area contributed by atoms with E-state index >= 15 is 0 Å². The predicted octanol–water partition coefficient (Wildman–Crippen LogP) is 4.37. The number of piperidine rings is 1. The lowest BCUT2D eigenvalue weighted by Gasteiger charge is -2.36. The van der Waals surface area contributed by atoms with Gasteiger partial charge in [0.05, 0.1) is 0 Å². The Bertz CT molecular complexity index is 684. The van der Waals surface area contributed by atoms with Gasteiger partial charge in [0.1, 0.15) is 5.82 Å². The third-order valence-electron chi connectivity index (χ3n) is 5.74. The smallest absolute Gasteiger partial charge is 0.228 e. The summed E-state index contributed by atoms with van der Waals surface area (Å²) < 4.78 is 0. The van der Waals surface area contributed by atoms with E-state index in [1.807, 2.05) is 12.1 Å². The van der Waals surface area contributed by atoms with E-state index in [9.17, 15) is 0 Å². The highest BCUT2D eigenvalue weighted by Gasteiger charge is 2.25. The quantitative estimate of drug-likeness (QED) is 0.866. The third kappa shape index (κ3) is 4.58. The van der Waals surface area contributed by atoms with Crippen molar-refractivity contribution < 1.29 is 0 Å². The molecule has 4 rings (SSSR count). The molecule has 1 aliphatic heterocycles. The molecule has 2 aromatic rings. The van der Waals surface area contributed by atoms with Crippen LogP contribution in [0.5, 0.6) is 0 Å². The van der Waals surface area contributed by atoms with E-state index in [1.165, 1.54) is 63.7 Å². The van der Waals surface area contributed by atoms with Gasteiger partial charge in [-0.1, -0.05) is 25.3 Å². The van der Waals surface area contributed by atoms with Crippen LogP contribution in [0, 0.1) is 5.92 Å². The fourth-order valence-corrected chi connectivity index (χ4v) is 4.42. The van der Waals surface area contributed by atoms with Crippen LogP contribution in [-0.4, -0.2) is 39.5 Å². The lowest BCUT2D eigenvalue weighted by Crippen LogP contribution is -2.38. The van der Waals surface area contributed by atoms with E-state index < -0.39 is 0 Å². The molecule has 5 nitrogen and oxygen atoms in total. The van der Waals surface area contributed by atoms with Crippen molar-refractivity contribution in [3.63, 3.8) is 0 Å². The van der Waals surface area contributed by atoms with Crippen LogP contribution in [0.15, 0.2) is 36.7 Å². The van der Waals surface area contributed by atoms with Crippen LogP contribution < -0.4 is 5.32 Å². The van der Waals surface area contributed by atoms with Crippen LogP contribution in [0.25, 0.3) is 0 Å². The van der Waals surface area contributed by atoms with Crippen LogP contribution in [0.2, 0.25) is 0 Å². The van der Waals surface area contributed by atoms with Gasteiger partial charge in [-0.15, -0.1) is 0 Å². The Balaban J connectivity index is 1.39. The highest BCUT2D eigenvalue weighted by Crippen LogP contribution is 2.30. The minimum absolute atomic E-state index is 0.533. The number of nitrogens with one attached hydrogen (secondary N) is 1. The van der Waals surface area contributed by atoms with Gasteiger partial charge in [0.25, 0.3) is 0 Å². The number of aromatic nitrogens is 3. The molecule has 1 saturated carbocycles. The second-order valence-corrected chi connectivity index (χ2v) is 7.75. The highest BCUT2D eigenvalue weighted by atomic mass is 15.1. The van der Waals surface area contributed by atoms with Crippen LogP contribution >= 0.6 is 0 Å². The van der Waals surface area contributed by atoms with Gasteiger partial charge in [-0.3, -0.25) is 0 Å². The maximum absolute atomic E-state index is 4.86. The molecule has 1 N–H and O–H groups in total. The summed E-state index contributed by atoms with van der Waals surface area (Å²) >= 11 is 0. The molecule has 2 fully saturated rings. The molecule has 5 heteroatoms. The minimum atomic E-state index is 0.533. The number of hydrogen-bond donors (Lipinski definition) is 1. The first-order valence-electron chi connectivity index (χ1n) is 10.1. The van der Waals surface area contributed by atoms with Crippen LogP contribution in [0.1, 0.15) is 56.6 Å². The summed E-state index contributed by atoms with van der Waals surface area (Å²) in [6, 6.07) is 8.07. The Kier molecular flexibility index (Phi) is 5.75.